The molecule has 0 aliphatic heterocycles. The first-order chi connectivity index (χ1) is 16.1. The Bertz CT molecular complexity index is 1620. The number of aromatic amines is 1. The molecule has 0 spiro atoms. The fraction of sp³-hybridized carbons (Fsp3) is 0.273. The summed E-state index contributed by atoms with van der Waals surface area (Å²) in [6.45, 7) is 3.97. The Hall–Kier alpha value is -3.67. The zero-order valence-electron chi connectivity index (χ0n) is 18.2. The number of nitrogens with zero attached hydrogens (tertiary/aromatic N) is 5. The van der Waals surface area contributed by atoms with Gasteiger partial charge in [0.25, 0.3) is 5.56 Å². The van der Waals surface area contributed by atoms with Crippen molar-refractivity contribution in [1.82, 2.24) is 28.5 Å². The van der Waals surface area contributed by atoms with Crippen LogP contribution in [-0.4, -0.2) is 28.5 Å². The Morgan fingerprint density at radius 2 is 1.91 bits per heavy atom. The SMILES string of the molecule is CCn1c(=O)[nH]c(=O)c2c1nc(Cc1cn3cc(C)sc3n1)n2Cc1cccc(C(F)(F)F)c1. The zero-order valence-corrected chi connectivity index (χ0v) is 19.0. The number of hydrogen-bond donors (Lipinski definition) is 1. The fourth-order valence-electron chi connectivity index (χ4n) is 4.05. The Balaban J connectivity index is 1.67. The highest BCUT2D eigenvalue weighted by molar-refractivity contribution is 7.16. The monoisotopic (exact) mass is 488 g/mol. The molecule has 5 rings (SSSR count). The number of nitrogens with one attached hydrogen (secondary N) is 1. The molecule has 0 aliphatic carbocycles. The number of rotatable bonds is 5. The van der Waals surface area contributed by atoms with Crippen molar-refractivity contribution in [3.8, 4) is 0 Å². The molecule has 0 amide bonds. The molecule has 34 heavy (non-hydrogen) atoms. The molecule has 0 saturated heterocycles. The number of benzene rings is 1. The predicted molar refractivity (Wildman–Crippen MR) is 121 cm³/mol. The van der Waals surface area contributed by atoms with Crippen molar-refractivity contribution in [3.63, 3.8) is 0 Å². The summed E-state index contributed by atoms with van der Waals surface area (Å²) < 4.78 is 44.5. The first kappa shape index (κ1) is 22.1. The molecule has 0 radical (unpaired) electrons. The molecule has 1 N–H and O–H groups in total. The average Bonchev–Trinajstić information content (AvgIpc) is 3.39. The van der Waals surface area contributed by atoms with Gasteiger partial charge >= 0.3 is 11.9 Å². The minimum absolute atomic E-state index is 0.0257. The second kappa shape index (κ2) is 7.97. The summed E-state index contributed by atoms with van der Waals surface area (Å²) in [6.07, 6.45) is -0.458. The van der Waals surface area contributed by atoms with Crippen LogP contribution in [0, 0.1) is 6.92 Å². The van der Waals surface area contributed by atoms with Crippen LogP contribution in [0.4, 0.5) is 13.2 Å². The van der Waals surface area contributed by atoms with E-state index in [1.54, 1.807) is 17.6 Å². The van der Waals surface area contributed by atoms with Gasteiger partial charge in [0, 0.05) is 36.8 Å². The number of hydrogen-bond acceptors (Lipinski definition) is 5. The summed E-state index contributed by atoms with van der Waals surface area (Å²) in [4.78, 5) is 38.5. The number of thiazole rings is 1. The van der Waals surface area contributed by atoms with Crippen LogP contribution in [0.3, 0.4) is 0 Å². The van der Waals surface area contributed by atoms with E-state index in [0.717, 1.165) is 22.0 Å². The second-order valence-corrected chi connectivity index (χ2v) is 9.14. The van der Waals surface area contributed by atoms with E-state index in [-0.39, 0.29) is 30.7 Å². The van der Waals surface area contributed by atoms with E-state index in [1.165, 1.54) is 22.0 Å². The summed E-state index contributed by atoms with van der Waals surface area (Å²) >= 11 is 1.53. The minimum atomic E-state index is -4.49. The van der Waals surface area contributed by atoms with Gasteiger partial charge in [-0.1, -0.05) is 12.1 Å². The normalized spacial score (nSPS) is 12.3. The van der Waals surface area contributed by atoms with Gasteiger partial charge in [0.2, 0.25) is 0 Å². The van der Waals surface area contributed by atoms with Crippen LogP contribution in [0.5, 0.6) is 0 Å². The molecule has 5 aromatic rings. The van der Waals surface area contributed by atoms with E-state index in [9.17, 15) is 22.8 Å². The van der Waals surface area contributed by atoms with Crippen LogP contribution in [0.2, 0.25) is 0 Å². The molecule has 176 valence electrons. The van der Waals surface area contributed by atoms with Crippen molar-refractivity contribution in [2.75, 3.05) is 0 Å². The lowest BCUT2D eigenvalue weighted by Crippen LogP contribution is -2.30. The summed E-state index contributed by atoms with van der Waals surface area (Å²) in [7, 11) is 0. The lowest BCUT2D eigenvalue weighted by Gasteiger charge is -2.11. The van der Waals surface area contributed by atoms with Crippen LogP contribution in [0.1, 0.15) is 34.4 Å². The summed E-state index contributed by atoms with van der Waals surface area (Å²) in [6, 6.07) is 4.94. The quantitative estimate of drug-likeness (QED) is 0.410. The number of imidazole rings is 2. The number of aromatic nitrogens is 6. The van der Waals surface area contributed by atoms with Gasteiger partial charge in [-0.3, -0.25) is 18.7 Å². The molecule has 4 heterocycles. The first-order valence-corrected chi connectivity index (χ1v) is 11.3. The van der Waals surface area contributed by atoms with Gasteiger partial charge in [-0.15, -0.1) is 11.3 Å². The number of fused-ring (bicyclic) bond motifs is 2. The Morgan fingerprint density at radius 3 is 2.62 bits per heavy atom. The molecule has 0 saturated carbocycles. The lowest BCUT2D eigenvalue weighted by atomic mass is 10.1. The largest absolute Gasteiger partial charge is 0.416 e. The zero-order chi connectivity index (χ0) is 24.2. The Labute approximate surface area is 194 Å². The van der Waals surface area contributed by atoms with Gasteiger partial charge < -0.3 is 4.57 Å². The number of H-pyrrole nitrogens is 1. The predicted octanol–water partition coefficient (Wildman–Crippen LogP) is 3.58. The van der Waals surface area contributed by atoms with Crippen molar-refractivity contribution in [2.24, 2.45) is 0 Å². The van der Waals surface area contributed by atoms with E-state index < -0.39 is 23.0 Å². The van der Waals surface area contributed by atoms with Crippen LogP contribution in [0.15, 0.2) is 46.2 Å². The number of aryl methyl sites for hydroxylation is 2. The number of halogens is 3. The van der Waals surface area contributed by atoms with Crippen molar-refractivity contribution < 1.29 is 13.2 Å². The van der Waals surface area contributed by atoms with E-state index in [4.69, 9.17) is 0 Å². The van der Waals surface area contributed by atoms with Crippen molar-refractivity contribution in [3.05, 3.63) is 85.0 Å². The highest BCUT2D eigenvalue weighted by atomic mass is 32.1. The highest BCUT2D eigenvalue weighted by Gasteiger charge is 2.30. The third-order valence-electron chi connectivity index (χ3n) is 5.54. The summed E-state index contributed by atoms with van der Waals surface area (Å²) in [5.41, 5.74) is -0.648. The minimum Gasteiger partial charge on any atom is -0.317 e. The molecule has 0 unspecified atom stereocenters. The topological polar surface area (TPSA) is 90.0 Å². The maximum atomic E-state index is 13.3. The van der Waals surface area contributed by atoms with Crippen molar-refractivity contribution >= 4 is 27.5 Å². The first-order valence-electron chi connectivity index (χ1n) is 10.5. The molecular weight excluding hydrogens is 469 g/mol. The molecule has 0 fully saturated rings. The molecule has 4 aromatic heterocycles. The van der Waals surface area contributed by atoms with Crippen LogP contribution >= 0.6 is 11.3 Å². The molecule has 8 nitrogen and oxygen atoms in total. The third kappa shape index (κ3) is 3.83. The van der Waals surface area contributed by atoms with E-state index in [1.807, 2.05) is 23.7 Å². The lowest BCUT2D eigenvalue weighted by molar-refractivity contribution is -0.137. The van der Waals surface area contributed by atoms with Crippen molar-refractivity contribution in [2.45, 2.75) is 39.5 Å². The summed E-state index contributed by atoms with van der Waals surface area (Å²) in [5.74, 6) is 0.424. The highest BCUT2D eigenvalue weighted by Crippen LogP contribution is 2.30. The van der Waals surface area contributed by atoms with Gasteiger partial charge in [-0.25, -0.2) is 14.8 Å². The van der Waals surface area contributed by atoms with Gasteiger partial charge in [-0.05, 0) is 31.5 Å². The van der Waals surface area contributed by atoms with Gasteiger partial charge in [0.1, 0.15) is 5.82 Å². The van der Waals surface area contributed by atoms with E-state index in [0.29, 0.717) is 17.1 Å². The van der Waals surface area contributed by atoms with E-state index in [2.05, 4.69) is 15.0 Å². The second-order valence-electron chi connectivity index (χ2n) is 7.93. The number of alkyl halides is 3. The maximum Gasteiger partial charge on any atom is 0.416 e. The smallest absolute Gasteiger partial charge is 0.317 e. The van der Waals surface area contributed by atoms with Crippen LogP contribution in [-0.2, 0) is 25.7 Å². The molecule has 12 heteroatoms. The average molecular weight is 488 g/mol. The molecule has 0 bridgehead atoms. The van der Waals surface area contributed by atoms with Gasteiger partial charge in [-0.2, -0.15) is 13.2 Å². The molecule has 0 atom stereocenters. The Kier molecular flexibility index (Phi) is 5.19. The molecule has 0 aliphatic rings. The third-order valence-corrected chi connectivity index (χ3v) is 6.45. The maximum absolute atomic E-state index is 13.3. The fourth-order valence-corrected chi connectivity index (χ4v) is 4.88. The van der Waals surface area contributed by atoms with Crippen LogP contribution in [0.25, 0.3) is 16.1 Å². The summed E-state index contributed by atoms with van der Waals surface area (Å²) in [5, 5.41) is 0. The Morgan fingerprint density at radius 1 is 1.12 bits per heavy atom. The van der Waals surface area contributed by atoms with Crippen molar-refractivity contribution in [1.29, 1.82) is 0 Å². The van der Waals surface area contributed by atoms with Crippen LogP contribution < -0.4 is 11.2 Å². The molecular formula is C22H19F3N6O2S. The van der Waals surface area contributed by atoms with E-state index >= 15 is 0 Å². The standard InChI is InChI=1S/C22H19F3N6O2S/c1-3-30-18-17(19(32)28-20(30)33)31(10-13-5-4-6-14(7-13)22(23,24)25)16(27-18)8-15-11-29-9-12(2)34-21(29)26-15/h4-7,9,11H,3,8,10H2,1-2H3,(H,28,32,33). The van der Waals surface area contributed by atoms with Gasteiger partial charge in [0.15, 0.2) is 16.1 Å². The van der Waals surface area contributed by atoms with Gasteiger partial charge in [0.05, 0.1) is 11.3 Å². The molecule has 1 aromatic carbocycles.